The summed E-state index contributed by atoms with van der Waals surface area (Å²) in [7, 11) is 0. The molecule has 0 bridgehead atoms. The van der Waals surface area contributed by atoms with E-state index in [0.717, 1.165) is 18.1 Å². The SMILES string of the molecule is CCCn1nc(C2CCCC2)cc1Cl. The average molecular weight is 213 g/mol. The van der Waals surface area contributed by atoms with Crippen LogP contribution in [0.25, 0.3) is 0 Å². The van der Waals surface area contributed by atoms with Gasteiger partial charge in [-0.3, -0.25) is 4.68 Å². The molecule has 1 saturated carbocycles. The van der Waals surface area contributed by atoms with E-state index in [1.54, 1.807) is 0 Å². The van der Waals surface area contributed by atoms with Gasteiger partial charge in [-0.15, -0.1) is 0 Å². The molecule has 2 nitrogen and oxygen atoms in total. The van der Waals surface area contributed by atoms with Crippen LogP contribution in [0.3, 0.4) is 0 Å². The molecule has 2 rings (SSSR count). The van der Waals surface area contributed by atoms with Crippen LogP contribution >= 0.6 is 11.6 Å². The molecule has 0 spiro atoms. The van der Waals surface area contributed by atoms with Crippen LogP contribution in [0, 0.1) is 0 Å². The van der Waals surface area contributed by atoms with Gasteiger partial charge in [0.15, 0.2) is 0 Å². The third-order valence-corrected chi connectivity index (χ3v) is 3.26. The fourth-order valence-corrected chi connectivity index (χ4v) is 2.44. The zero-order chi connectivity index (χ0) is 9.97. The summed E-state index contributed by atoms with van der Waals surface area (Å²) in [5.74, 6) is 0.672. The third-order valence-electron chi connectivity index (χ3n) is 2.96. The van der Waals surface area contributed by atoms with E-state index in [0.29, 0.717) is 5.92 Å². The minimum absolute atomic E-state index is 0.672. The summed E-state index contributed by atoms with van der Waals surface area (Å²) < 4.78 is 1.93. The van der Waals surface area contributed by atoms with Gasteiger partial charge in [0.1, 0.15) is 5.15 Å². The Bertz CT molecular complexity index is 300. The van der Waals surface area contributed by atoms with Crippen molar-refractivity contribution in [1.82, 2.24) is 9.78 Å². The van der Waals surface area contributed by atoms with E-state index in [-0.39, 0.29) is 0 Å². The second-order valence-corrected chi connectivity index (χ2v) is 4.48. The Morgan fingerprint density at radius 3 is 2.86 bits per heavy atom. The Kier molecular flexibility index (Phi) is 3.12. The van der Waals surface area contributed by atoms with E-state index >= 15 is 0 Å². The molecule has 1 heterocycles. The molecule has 1 aromatic heterocycles. The molecular weight excluding hydrogens is 196 g/mol. The lowest BCUT2D eigenvalue weighted by atomic mass is 10.1. The van der Waals surface area contributed by atoms with Crippen molar-refractivity contribution in [2.24, 2.45) is 0 Å². The highest BCUT2D eigenvalue weighted by Crippen LogP contribution is 2.34. The van der Waals surface area contributed by atoms with Crippen LogP contribution in [0.1, 0.15) is 50.6 Å². The second-order valence-electron chi connectivity index (χ2n) is 4.10. The molecule has 3 heteroatoms. The standard InChI is InChI=1S/C11H17ClN2/c1-2-7-14-11(12)8-10(13-14)9-5-3-4-6-9/h8-9H,2-7H2,1H3. The molecule has 0 N–H and O–H groups in total. The maximum atomic E-state index is 6.10. The lowest BCUT2D eigenvalue weighted by molar-refractivity contribution is 0.578. The van der Waals surface area contributed by atoms with Crippen LogP contribution in [-0.2, 0) is 6.54 Å². The molecule has 1 aliphatic carbocycles. The Labute approximate surface area is 90.3 Å². The summed E-state index contributed by atoms with van der Waals surface area (Å²) in [6.45, 7) is 3.08. The highest BCUT2D eigenvalue weighted by Gasteiger charge is 2.20. The normalized spacial score (nSPS) is 17.9. The van der Waals surface area contributed by atoms with Crippen LogP contribution in [-0.4, -0.2) is 9.78 Å². The molecule has 0 saturated heterocycles. The van der Waals surface area contributed by atoms with E-state index in [1.165, 1.54) is 31.4 Å². The van der Waals surface area contributed by atoms with Crippen molar-refractivity contribution < 1.29 is 0 Å². The van der Waals surface area contributed by atoms with Crippen molar-refractivity contribution >= 4 is 11.6 Å². The first-order valence-electron chi connectivity index (χ1n) is 5.54. The third kappa shape index (κ3) is 1.95. The van der Waals surface area contributed by atoms with Gasteiger partial charge in [0.05, 0.1) is 5.69 Å². The second kappa shape index (κ2) is 4.35. The number of aryl methyl sites for hydroxylation is 1. The first-order valence-corrected chi connectivity index (χ1v) is 5.92. The molecule has 14 heavy (non-hydrogen) atoms. The highest BCUT2D eigenvalue weighted by atomic mass is 35.5. The van der Waals surface area contributed by atoms with Gasteiger partial charge in [-0.1, -0.05) is 31.4 Å². The first kappa shape index (κ1) is 10.0. The van der Waals surface area contributed by atoms with Gasteiger partial charge in [-0.25, -0.2) is 0 Å². The zero-order valence-electron chi connectivity index (χ0n) is 8.67. The van der Waals surface area contributed by atoms with Gasteiger partial charge in [-0.2, -0.15) is 5.10 Å². The van der Waals surface area contributed by atoms with Crippen molar-refractivity contribution in [2.75, 3.05) is 0 Å². The number of hydrogen-bond acceptors (Lipinski definition) is 1. The molecule has 0 unspecified atom stereocenters. The van der Waals surface area contributed by atoms with E-state index < -0.39 is 0 Å². The molecule has 0 radical (unpaired) electrons. The number of hydrogen-bond donors (Lipinski definition) is 0. The van der Waals surface area contributed by atoms with Crippen molar-refractivity contribution in [3.8, 4) is 0 Å². The van der Waals surface area contributed by atoms with E-state index in [9.17, 15) is 0 Å². The van der Waals surface area contributed by atoms with Gasteiger partial charge < -0.3 is 0 Å². The summed E-state index contributed by atoms with van der Waals surface area (Å²) in [5, 5.41) is 5.37. The maximum absolute atomic E-state index is 6.10. The first-order chi connectivity index (χ1) is 6.81. The van der Waals surface area contributed by atoms with Crippen molar-refractivity contribution in [3.63, 3.8) is 0 Å². The summed E-state index contributed by atoms with van der Waals surface area (Å²) in [6, 6.07) is 2.05. The number of rotatable bonds is 3. The van der Waals surface area contributed by atoms with Crippen LogP contribution in [0.15, 0.2) is 6.07 Å². The molecule has 1 fully saturated rings. The molecule has 0 amide bonds. The Hall–Kier alpha value is -0.500. The predicted molar refractivity (Wildman–Crippen MR) is 58.7 cm³/mol. The van der Waals surface area contributed by atoms with Gasteiger partial charge in [-0.05, 0) is 25.3 Å². The van der Waals surface area contributed by atoms with Gasteiger partial charge in [0.2, 0.25) is 0 Å². The topological polar surface area (TPSA) is 17.8 Å². The Morgan fingerprint density at radius 1 is 1.50 bits per heavy atom. The van der Waals surface area contributed by atoms with E-state index in [1.807, 2.05) is 10.7 Å². The van der Waals surface area contributed by atoms with Gasteiger partial charge in [0, 0.05) is 12.5 Å². The Morgan fingerprint density at radius 2 is 2.21 bits per heavy atom. The average Bonchev–Trinajstić information content (AvgIpc) is 2.76. The zero-order valence-corrected chi connectivity index (χ0v) is 9.43. The molecule has 78 valence electrons. The monoisotopic (exact) mass is 212 g/mol. The molecule has 1 aliphatic rings. The summed E-state index contributed by atoms with van der Waals surface area (Å²) in [5.41, 5.74) is 1.21. The van der Waals surface area contributed by atoms with Crippen molar-refractivity contribution in [1.29, 1.82) is 0 Å². The minimum Gasteiger partial charge on any atom is -0.254 e. The van der Waals surface area contributed by atoms with Crippen molar-refractivity contribution in [2.45, 2.75) is 51.5 Å². The molecule has 0 atom stereocenters. The fourth-order valence-electron chi connectivity index (χ4n) is 2.20. The summed E-state index contributed by atoms with van der Waals surface area (Å²) in [6.07, 6.45) is 6.37. The predicted octanol–water partition coefficient (Wildman–Crippen LogP) is 3.60. The number of aromatic nitrogens is 2. The van der Waals surface area contributed by atoms with Crippen LogP contribution in [0.2, 0.25) is 5.15 Å². The quantitative estimate of drug-likeness (QED) is 0.749. The molecule has 0 aliphatic heterocycles. The van der Waals surface area contributed by atoms with Crippen LogP contribution < -0.4 is 0 Å². The smallest absolute Gasteiger partial charge is 0.127 e. The highest BCUT2D eigenvalue weighted by molar-refractivity contribution is 6.29. The number of nitrogens with zero attached hydrogens (tertiary/aromatic N) is 2. The minimum atomic E-state index is 0.672. The summed E-state index contributed by atoms with van der Waals surface area (Å²) in [4.78, 5) is 0. The van der Waals surface area contributed by atoms with Crippen molar-refractivity contribution in [3.05, 3.63) is 16.9 Å². The van der Waals surface area contributed by atoms with Gasteiger partial charge >= 0.3 is 0 Å². The van der Waals surface area contributed by atoms with Crippen LogP contribution in [0.4, 0.5) is 0 Å². The van der Waals surface area contributed by atoms with E-state index in [4.69, 9.17) is 11.6 Å². The lowest BCUT2D eigenvalue weighted by Gasteiger charge is -2.03. The summed E-state index contributed by atoms with van der Waals surface area (Å²) >= 11 is 6.10. The van der Waals surface area contributed by atoms with E-state index in [2.05, 4.69) is 12.0 Å². The molecule has 1 aromatic rings. The largest absolute Gasteiger partial charge is 0.254 e. The molecule has 0 aromatic carbocycles. The van der Waals surface area contributed by atoms with Crippen LogP contribution in [0.5, 0.6) is 0 Å². The fraction of sp³-hybridized carbons (Fsp3) is 0.727. The molecular formula is C11H17ClN2. The lowest BCUT2D eigenvalue weighted by Crippen LogP contribution is -2.01. The Balaban J connectivity index is 2.14. The maximum Gasteiger partial charge on any atom is 0.127 e. The number of halogens is 1. The van der Waals surface area contributed by atoms with Gasteiger partial charge in [0.25, 0.3) is 0 Å².